The number of rotatable bonds is 16. The minimum Gasteiger partial charge on any atom is -0.491 e. The second kappa shape index (κ2) is 13.0. The van der Waals surface area contributed by atoms with E-state index >= 15 is 0 Å². The monoisotopic (exact) mass is 622 g/mol. The van der Waals surface area contributed by atoms with Gasteiger partial charge in [-0.2, -0.15) is 0 Å². The molecule has 8 heteroatoms. The molecule has 4 aromatic carbocycles. The van der Waals surface area contributed by atoms with Gasteiger partial charge in [0.05, 0.1) is 19.8 Å². The van der Waals surface area contributed by atoms with Crippen molar-refractivity contribution >= 4 is 0 Å². The molecule has 4 fully saturated rings. The van der Waals surface area contributed by atoms with Crippen molar-refractivity contribution in [2.24, 2.45) is 0 Å². The van der Waals surface area contributed by atoms with Gasteiger partial charge in [-0.1, -0.05) is 48.5 Å². The van der Waals surface area contributed by atoms with Gasteiger partial charge < -0.3 is 37.9 Å². The lowest BCUT2D eigenvalue weighted by atomic mass is 9.73. The van der Waals surface area contributed by atoms with Crippen LogP contribution in [0.2, 0.25) is 0 Å². The first-order valence-electron chi connectivity index (χ1n) is 16.1. The molecule has 8 rings (SSSR count). The van der Waals surface area contributed by atoms with Crippen molar-refractivity contribution in [2.75, 3.05) is 39.6 Å². The summed E-state index contributed by atoms with van der Waals surface area (Å²) >= 11 is 0. The minimum atomic E-state index is -0.178. The average molecular weight is 623 g/mol. The maximum atomic E-state index is 5.99. The van der Waals surface area contributed by atoms with Crippen LogP contribution in [0.1, 0.15) is 41.0 Å². The second-order valence-corrected chi connectivity index (χ2v) is 12.4. The van der Waals surface area contributed by atoms with E-state index in [-0.39, 0.29) is 42.5 Å². The zero-order valence-electron chi connectivity index (χ0n) is 25.8. The van der Waals surface area contributed by atoms with E-state index in [1.807, 2.05) is 19.1 Å². The normalized spacial score (nSPS) is 25.2. The third-order valence-corrected chi connectivity index (χ3v) is 8.71. The van der Waals surface area contributed by atoms with Crippen LogP contribution < -0.4 is 18.9 Å². The van der Waals surface area contributed by atoms with Gasteiger partial charge in [0, 0.05) is 11.8 Å². The van der Waals surface area contributed by atoms with Crippen molar-refractivity contribution in [3.05, 3.63) is 119 Å². The van der Waals surface area contributed by atoms with Crippen molar-refractivity contribution in [2.45, 2.75) is 49.5 Å². The fourth-order valence-corrected chi connectivity index (χ4v) is 5.71. The average Bonchev–Trinajstić information content (AvgIpc) is 3.89. The fraction of sp³-hybridized carbons (Fsp3) is 0.368. The Labute approximate surface area is 269 Å². The van der Waals surface area contributed by atoms with Gasteiger partial charge in [-0.05, 0) is 77.7 Å². The van der Waals surface area contributed by atoms with E-state index in [1.54, 1.807) is 0 Å². The van der Waals surface area contributed by atoms with E-state index in [0.29, 0.717) is 19.8 Å². The third-order valence-electron chi connectivity index (χ3n) is 8.71. The maximum absolute atomic E-state index is 5.99. The Kier molecular flexibility index (Phi) is 8.27. The molecule has 0 amide bonds. The molecular formula is C38H38O8. The molecule has 4 saturated heterocycles. The Morgan fingerprint density at radius 1 is 0.500 bits per heavy atom. The van der Waals surface area contributed by atoms with Crippen LogP contribution in [0.5, 0.6) is 23.0 Å². The quantitative estimate of drug-likeness (QED) is 0.139. The van der Waals surface area contributed by atoms with Crippen LogP contribution in [-0.4, -0.2) is 70.3 Å². The smallest absolute Gasteiger partial charge is 0.226 e. The highest BCUT2D eigenvalue weighted by Gasteiger charge is 2.37. The topological polar surface area (TPSA) is 87.0 Å². The molecule has 4 heterocycles. The zero-order valence-corrected chi connectivity index (χ0v) is 25.8. The Balaban J connectivity index is 1.14. The molecule has 4 aromatic rings. The summed E-state index contributed by atoms with van der Waals surface area (Å²) in [5.41, 5.74) is 4.68. The fourth-order valence-electron chi connectivity index (χ4n) is 5.71. The van der Waals surface area contributed by atoms with E-state index < -0.39 is 0 Å². The SMILES string of the molecule is CC1OC1Oc1ccc(C(c2ccc(OCC3CO3)cc2)C(c2ccc(OCC3CO3)cc2)c2ccc(OCC3CO3)cc2)cc1. The van der Waals surface area contributed by atoms with Crippen molar-refractivity contribution < 1.29 is 37.9 Å². The molecule has 8 nitrogen and oxygen atoms in total. The van der Waals surface area contributed by atoms with Crippen LogP contribution in [0, 0.1) is 0 Å². The van der Waals surface area contributed by atoms with E-state index in [4.69, 9.17) is 37.9 Å². The molecular weight excluding hydrogens is 584 g/mol. The number of ether oxygens (including phenoxy) is 8. The predicted octanol–water partition coefficient (Wildman–Crippen LogP) is 6.11. The highest BCUT2D eigenvalue weighted by atomic mass is 16.8. The lowest BCUT2D eigenvalue weighted by Gasteiger charge is -2.30. The Morgan fingerprint density at radius 2 is 0.783 bits per heavy atom. The lowest BCUT2D eigenvalue weighted by Crippen LogP contribution is -2.15. The molecule has 0 bridgehead atoms. The van der Waals surface area contributed by atoms with Gasteiger partial charge >= 0.3 is 0 Å². The summed E-state index contributed by atoms with van der Waals surface area (Å²) in [4.78, 5) is 0. The summed E-state index contributed by atoms with van der Waals surface area (Å²) in [6.07, 6.45) is 0.553. The number of benzene rings is 4. The lowest BCUT2D eigenvalue weighted by molar-refractivity contribution is 0.178. The van der Waals surface area contributed by atoms with E-state index in [0.717, 1.165) is 42.8 Å². The van der Waals surface area contributed by atoms with Gasteiger partial charge in [0.25, 0.3) is 0 Å². The van der Waals surface area contributed by atoms with Crippen molar-refractivity contribution in [3.8, 4) is 23.0 Å². The van der Waals surface area contributed by atoms with Crippen LogP contribution in [-0.2, 0) is 18.9 Å². The molecule has 238 valence electrons. The Bertz CT molecular complexity index is 1520. The molecule has 6 atom stereocenters. The minimum absolute atomic E-state index is 0.0215. The Morgan fingerprint density at radius 3 is 1.04 bits per heavy atom. The molecule has 46 heavy (non-hydrogen) atoms. The molecule has 0 aliphatic carbocycles. The molecule has 4 aliphatic rings. The molecule has 0 spiro atoms. The molecule has 0 aromatic heterocycles. The van der Waals surface area contributed by atoms with Crippen molar-refractivity contribution in [1.29, 1.82) is 0 Å². The van der Waals surface area contributed by atoms with Gasteiger partial charge in [0.2, 0.25) is 6.29 Å². The zero-order chi connectivity index (χ0) is 30.9. The van der Waals surface area contributed by atoms with E-state index in [2.05, 4.69) is 84.9 Å². The van der Waals surface area contributed by atoms with Crippen LogP contribution in [0.25, 0.3) is 0 Å². The summed E-state index contributed by atoms with van der Waals surface area (Å²) in [5.74, 6) is 3.25. The standard InChI is InChI=1S/C38H38O8/c1-24-38(45-24)46-32-16-8-28(9-17-32)37(27-6-14-31(15-7-27)41-20-35-23-44-35)36(25-2-10-29(11-3-25)39-18-33-21-42-33)26-4-12-30(13-5-26)40-19-34-22-43-34/h2-17,24,33-38H,18-23H2,1H3. The number of hydrogen-bond acceptors (Lipinski definition) is 8. The molecule has 0 saturated carbocycles. The highest BCUT2D eigenvalue weighted by Crippen LogP contribution is 2.44. The van der Waals surface area contributed by atoms with Gasteiger partial charge in [0.15, 0.2) is 0 Å². The molecule has 0 N–H and O–H groups in total. The van der Waals surface area contributed by atoms with Gasteiger partial charge in [-0.3, -0.25) is 0 Å². The van der Waals surface area contributed by atoms with Crippen LogP contribution >= 0.6 is 0 Å². The highest BCUT2D eigenvalue weighted by molar-refractivity contribution is 5.48. The Hall–Kier alpha value is -4.08. The third kappa shape index (κ3) is 7.48. The van der Waals surface area contributed by atoms with Gasteiger partial charge in [-0.25, -0.2) is 0 Å². The maximum Gasteiger partial charge on any atom is 0.226 e. The molecule has 0 radical (unpaired) electrons. The first kappa shape index (κ1) is 29.3. The first-order chi connectivity index (χ1) is 22.6. The summed E-state index contributed by atoms with van der Waals surface area (Å²) < 4.78 is 45.4. The van der Waals surface area contributed by atoms with Gasteiger partial charge in [-0.15, -0.1) is 0 Å². The number of hydrogen-bond donors (Lipinski definition) is 0. The molecule has 4 aliphatic heterocycles. The predicted molar refractivity (Wildman–Crippen MR) is 170 cm³/mol. The second-order valence-electron chi connectivity index (χ2n) is 12.4. The van der Waals surface area contributed by atoms with E-state index in [9.17, 15) is 0 Å². The summed E-state index contributed by atoms with van der Waals surface area (Å²) in [7, 11) is 0. The summed E-state index contributed by atoms with van der Waals surface area (Å²) in [5, 5.41) is 0. The van der Waals surface area contributed by atoms with Crippen molar-refractivity contribution in [3.63, 3.8) is 0 Å². The van der Waals surface area contributed by atoms with Crippen LogP contribution in [0.3, 0.4) is 0 Å². The number of epoxide rings is 4. The summed E-state index contributed by atoms with van der Waals surface area (Å²) in [6.45, 7) is 6.02. The summed E-state index contributed by atoms with van der Waals surface area (Å²) in [6, 6.07) is 33.8. The molecule has 6 unspecified atom stereocenters. The largest absolute Gasteiger partial charge is 0.491 e. The van der Waals surface area contributed by atoms with Gasteiger partial charge in [0.1, 0.15) is 67.2 Å². The van der Waals surface area contributed by atoms with Crippen LogP contribution in [0.4, 0.5) is 0 Å². The first-order valence-corrected chi connectivity index (χ1v) is 16.1. The van der Waals surface area contributed by atoms with Crippen molar-refractivity contribution in [1.82, 2.24) is 0 Å². The van der Waals surface area contributed by atoms with Crippen LogP contribution in [0.15, 0.2) is 97.1 Å². The van der Waals surface area contributed by atoms with E-state index in [1.165, 1.54) is 22.3 Å².